The highest BCUT2D eigenvalue weighted by Crippen LogP contribution is 2.36. The lowest BCUT2D eigenvalue weighted by Gasteiger charge is -2.45. The van der Waals surface area contributed by atoms with Crippen LogP contribution in [-0.4, -0.2) is 22.9 Å². The molecule has 4 unspecified atom stereocenters. The topological polar surface area (TPSA) is 72.3 Å². The van der Waals surface area contributed by atoms with E-state index in [0.717, 1.165) is 43.2 Å². The third-order valence-electron chi connectivity index (χ3n) is 6.56. The standard InChI is InChI=1S/C25H33Cl2N3O/c1-3-21(23(28)17-10-6-12-19(26)14-17)30(25(31)16-8-5-9-16)22(4-2)24(29)18-11-7-13-20(27)15-18/h6-7,10-16,21-24H,3-5,8-9,28-29H2,1-2H3. The van der Waals surface area contributed by atoms with Crippen molar-refractivity contribution in [3.63, 3.8) is 0 Å². The molecule has 0 aromatic heterocycles. The van der Waals surface area contributed by atoms with Crippen molar-refractivity contribution in [2.24, 2.45) is 17.4 Å². The van der Waals surface area contributed by atoms with Crippen molar-refractivity contribution >= 4 is 29.1 Å². The number of amides is 1. The zero-order valence-corrected chi connectivity index (χ0v) is 19.8. The van der Waals surface area contributed by atoms with Crippen LogP contribution in [0.3, 0.4) is 0 Å². The van der Waals surface area contributed by atoms with Gasteiger partial charge in [-0.3, -0.25) is 4.79 Å². The van der Waals surface area contributed by atoms with Crippen LogP contribution in [0.4, 0.5) is 0 Å². The summed E-state index contributed by atoms with van der Waals surface area (Å²) in [6, 6.07) is 14.1. The molecule has 1 fully saturated rings. The molecule has 4 nitrogen and oxygen atoms in total. The minimum atomic E-state index is -0.353. The number of benzene rings is 2. The molecule has 1 aliphatic rings. The van der Waals surface area contributed by atoms with Crippen LogP contribution < -0.4 is 11.5 Å². The lowest BCUT2D eigenvalue weighted by molar-refractivity contribution is -0.145. The molecule has 0 aliphatic heterocycles. The fraction of sp³-hybridized carbons (Fsp3) is 0.480. The SMILES string of the molecule is CCC(C(N)c1cccc(Cl)c1)N(C(=O)C1CCC1)C(CC)C(N)c1cccc(Cl)c1. The lowest BCUT2D eigenvalue weighted by atomic mass is 9.82. The molecule has 0 bridgehead atoms. The van der Waals surface area contributed by atoms with E-state index in [0.29, 0.717) is 10.0 Å². The summed E-state index contributed by atoms with van der Waals surface area (Å²) in [4.78, 5) is 15.7. The van der Waals surface area contributed by atoms with E-state index in [1.165, 1.54) is 0 Å². The zero-order valence-electron chi connectivity index (χ0n) is 18.3. The first-order valence-corrected chi connectivity index (χ1v) is 12.0. The van der Waals surface area contributed by atoms with E-state index in [4.69, 9.17) is 34.7 Å². The molecule has 168 valence electrons. The first-order valence-electron chi connectivity index (χ1n) is 11.2. The maximum atomic E-state index is 13.7. The predicted octanol–water partition coefficient (Wildman–Crippen LogP) is 5.88. The molecule has 6 heteroatoms. The smallest absolute Gasteiger partial charge is 0.226 e. The molecule has 1 amide bonds. The van der Waals surface area contributed by atoms with Crippen LogP contribution in [0.5, 0.6) is 0 Å². The molecule has 0 saturated heterocycles. The Balaban J connectivity index is 1.99. The van der Waals surface area contributed by atoms with E-state index in [1.807, 2.05) is 53.4 Å². The van der Waals surface area contributed by atoms with Gasteiger partial charge < -0.3 is 16.4 Å². The second kappa shape index (κ2) is 10.8. The summed E-state index contributed by atoms with van der Waals surface area (Å²) in [6.07, 6.45) is 4.41. The van der Waals surface area contributed by atoms with Gasteiger partial charge in [0.1, 0.15) is 0 Å². The molecule has 1 saturated carbocycles. The summed E-state index contributed by atoms with van der Waals surface area (Å²) in [6.45, 7) is 4.15. The van der Waals surface area contributed by atoms with Gasteiger partial charge in [-0.2, -0.15) is 0 Å². The number of halogens is 2. The average molecular weight is 462 g/mol. The molecule has 2 aromatic rings. The average Bonchev–Trinajstić information content (AvgIpc) is 2.72. The molecular weight excluding hydrogens is 429 g/mol. The normalized spacial score (nSPS) is 18.0. The molecule has 0 spiro atoms. The van der Waals surface area contributed by atoms with Gasteiger partial charge in [0.05, 0.1) is 24.2 Å². The molecule has 1 aliphatic carbocycles. The Morgan fingerprint density at radius 1 is 0.935 bits per heavy atom. The van der Waals surface area contributed by atoms with Crippen LogP contribution >= 0.6 is 23.2 Å². The van der Waals surface area contributed by atoms with Gasteiger partial charge in [-0.1, -0.05) is 67.7 Å². The number of carbonyl (C=O) groups is 1. The van der Waals surface area contributed by atoms with E-state index in [-0.39, 0.29) is 36.0 Å². The number of hydrogen-bond acceptors (Lipinski definition) is 3. The minimum absolute atomic E-state index is 0.0567. The first kappa shape index (κ1) is 24.1. The Bertz CT molecular complexity index is 827. The molecular formula is C25H33Cl2N3O. The number of hydrogen-bond donors (Lipinski definition) is 2. The van der Waals surface area contributed by atoms with Crippen LogP contribution in [0.25, 0.3) is 0 Å². The molecule has 4 atom stereocenters. The van der Waals surface area contributed by atoms with Crippen molar-refractivity contribution in [1.29, 1.82) is 0 Å². The van der Waals surface area contributed by atoms with Gasteiger partial charge in [0.15, 0.2) is 0 Å². The Hall–Kier alpha value is -1.59. The third-order valence-corrected chi connectivity index (χ3v) is 7.03. The van der Waals surface area contributed by atoms with Crippen LogP contribution in [-0.2, 0) is 4.79 Å². The van der Waals surface area contributed by atoms with Crippen molar-refractivity contribution in [3.05, 3.63) is 69.7 Å². The van der Waals surface area contributed by atoms with E-state index in [1.54, 1.807) is 0 Å². The summed E-state index contributed by atoms with van der Waals surface area (Å²) in [5.41, 5.74) is 15.4. The molecule has 4 N–H and O–H groups in total. The van der Waals surface area contributed by atoms with Gasteiger partial charge in [0.2, 0.25) is 5.91 Å². The molecule has 3 rings (SSSR count). The van der Waals surface area contributed by atoms with Crippen LogP contribution in [0.15, 0.2) is 48.5 Å². The minimum Gasteiger partial charge on any atom is -0.333 e. The highest BCUT2D eigenvalue weighted by molar-refractivity contribution is 6.30. The summed E-state index contributed by atoms with van der Waals surface area (Å²) in [7, 11) is 0. The Kier molecular flexibility index (Phi) is 8.40. The molecule has 31 heavy (non-hydrogen) atoms. The van der Waals surface area contributed by atoms with Crippen molar-refractivity contribution in [1.82, 2.24) is 4.90 Å². The fourth-order valence-electron chi connectivity index (χ4n) is 4.56. The maximum absolute atomic E-state index is 13.7. The quantitative estimate of drug-likeness (QED) is 0.489. The van der Waals surface area contributed by atoms with E-state index >= 15 is 0 Å². The van der Waals surface area contributed by atoms with Crippen molar-refractivity contribution in [3.8, 4) is 0 Å². The lowest BCUT2D eigenvalue weighted by Crippen LogP contribution is -2.56. The van der Waals surface area contributed by atoms with Crippen molar-refractivity contribution < 1.29 is 4.79 Å². The number of nitrogens with zero attached hydrogens (tertiary/aromatic N) is 1. The molecule has 2 aromatic carbocycles. The Morgan fingerprint density at radius 3 is 1.71 bits per heavy atom. The summed E-state index contributed by atoms with van der Waals surface area (Å²) < 4.78 is 0. The van der Waals surface area contributed by atoms with Gasteiger partial charge in [-0.05, 0) is 61.1 Å². The largest absolute Gasteiger partial charge is 0.333 e. The van der Waals surface area contributed by atoms with E-state index in [2.05, 4.69) is 13.8 Å². The number of nitrogens with two attached hydrogens (primary N) is 2. The van der Waals surface area contributed by atoms with Gasteiger partial charge in [0.25, 0.3) is 0 Å². The Labute approximate surface area is 195 Å². The van der Waals surface area contributed by atoms with Crippen molar-refractivity contribution in [2.75, 3.05) is 0 Å². The third kappa shape index (κ3) is 5.43. The highest BCUT2D eigenvalue weighted by Gasteiger charge is 2.40. The second-order valence-electron chi connectivity index (χ2n) is 8.49. The summed E-state index contributed by atoms with van der Waals surface area (Å²) >= 11 is 12.5. The predicted molar refractivity (Wildman–Crippen MR) is 129 cm³/mol. The Morgan fingerprint density at radius 2 is 1.39 bits per heavy atom. The molecule has 0 radical (unpaired) electrons. The van der Waals surface area contributed by atoms with Gasteiger partial charge in [-0.15, -0.1) is 0 Å². The fourth-order valence-corrected chi connectivity index (χ4v) is 4.96. The van der Waals surface area contributed by atoms with Crippen LogP contribution in [0.2, 0.25) is 10.0 Å². The van der Waals surface area contributed by atoms with Gasteiger partial charge in [-0.25, -0.2) is 0 Å². The molecule has 0 heterocycles. The first-order chi connectivity index (χ1) is 14.9. The monoisotopic (exact) mass is 461 g/mol. The second-order valence-corrected chi connectivity index (χ2v) is 9.36. The summed E-state index contributed by atoms with van der Waals surface area (Å²) in [5.74, 6) is 0.223. The van der Waals surface area contributed by atoms with Crippen LogP contribution in [0, 0.1) is 5.92 Å². The highest BCUT2D eigenvalue weighted by atomic mass is 35.5. The van der Waals surface area contributed by atoms with Crippen molar-refractivity contribution in [2.45, 2.75) is 70.1 Å². The van der Waals surface area contributed by atoms with Gasteiger partial charge >= 0.3 is 0 Å². The number of carbonyl (C=O) groups excluding carboxylic acids is 1. The summed E-state index contributed by atoms with van der Waals surface area (Å²) in [5, 5.41) is 1.28. The zero-order chi connectivity index (χ0) is 22.5. The van der Waals surface area contributed by atoms with E-state index in [9.17, 15) is 4.79 Å². The number of rotatable bonds is 9. The van der Waals surface area contributed by atoms with Crippen LogP contribution in [0.1, 0.15) is 69.2 Å². The maximum Gasteiger partial charge on any atom is 0.226 e. The van der Waals surface area contributed by atoms with Gasteiger partial charge in [0, 0.05) is 16.0 Å². The van der Waals surface area contributed by atoms with E-state index < -0.39 is 0 Å².